The summed E-state index contributed by atoms with van der Waals surface area (Å²) in [5, 5.41) is 2.91. The number of benzene rings is 3. The van der Waals surface area contributed by atoms with Crippen LogP contribution in [0.4, 0.5) is 10.1 Å². The molecule has 7 nitrogen and oxygen atoms in total. The predicted molar refractivity (Wildman–Crippen MR) is 157 cm³/mol. The fourth-order valence-corrected chi connectivity index (χ4v) is 5.12. The van der Waals surface area contributed by atoms with Crippen molar-refractivity contribution in [2.45, 2.75) is 46.7 Å². The highest BCUT2D eigenvalue weighted by atomic mass is 32.2. The molecule has 0 saturated carbocycles. The minimum Gasteiger partial charge on any atom is -0.354 e. The molecule has 214 valence electrons. The van der Waals surface area contributed by atoms with Crippen LogP contribution in [0.15, 0.2) is 72.8 Å². The van der Waals surface area contributed by atoms with Gasteiger partial charge in [0.05, 0.1) is 11.9 Å². The number of halogens is 1. The Morgan fingerprint density at radius 2 is 1.57 bits per heavy atom. The van der Waals surface area contributed by atoms with Gasteiger partial charge in [-0.2, -0.15) is 0 Å². The first-order chi connectivity index (χ1) is 18.9. The van der Waals surface area contributed by atoms with E-state index in [4.69, 9.17) is 0 Å². The molecule has 0 bridgehead atoms. The molecule has 9 heteroatoms. The van der Waals surface area contributed by atoms with Gasteiger partial charge in [0.2, 0.25) is 21.8 Å². The second-order valence-corrected chi connectivity index (χ2v) is 12.4. The monoisotopic (exact) mass is 567 g/mol. The molecule has 3 rings (SSSR count). The Morgan fingerprint density at radius 3 is 2.17 bits per heavy atom. The molecule has 0 aromatic heterocycles. The summed E-state index contributed by atoms with van der Waals surface area (Å²) in [6.07, 6.45) is 1.21. The van der Waals surface area contributed by atoms with Crippen molar-refractivity contribution in [1.82, 2.24) is 10.2 Å². The molecule has 40 heavy (non-hydrogen) atoms. The minimum atomic E-state index is -3.87. The van der Waals surface area contributed by atoms with Crippen molar-refractivity contribution < 1.29 is 22.4 Å². The first-order valence-electron chi connectivity index (χ1n) is 13.3. The fraction of sp³-hybridized carbons (Fsp3) is 0.355. The van der Waals surface area contributed by atoms with Gasteiger partial charge < -0.3 is 10.2 Å². The lowest BCUT2D eigenvalue weighted by Gasteiger charge is -2.33. The molecule has 1 N–H and O–H groups in total. The van der Waals surface area contributed by atoms with Gasteiger partial charge in [-0.05, 0) is 54.7 Å². The number of anilines is 1. The van der Waals surface area contributed by atoms with Crippen LogP contribution in [0, 0.1) is 25.6 Å². The molecular formula is C31H38FN3O4S. The molecule has 0 saturated heterocycles. The predicted octanol–water partition coefficient (Wildman–Crippen LogP) is 4.62. The van der Waals surface area contributed by atoms with E-state index >= 15 is 0 Å². The Bertz CT molecular complexity index is 1430. The third kappa shape index (κ3) is 8.39. The van der Waals surface area contributed by atoms with Crippen LogP contribution in [0.2, 0.25) is 0 Å². The maximum Gasteiger partial charge on any atom is 0.244 e. The topological polar surface area (TPSA) is 86.8 Å². The SMILES string of the molecule is Cc1ccc(N(CC(=O)N(Cc2ccccc2F)C(Cc2ccccc2)C(=O)NCC(C)C)S(C)(=O)=O)cc1C. The van der Waals surface area contributed by atoms with Crippen molar-refractivity contribution in [1.29, 1.82) is 0 Å². The van der Waals surface area contributed by atoms with Gasteiger partial charge in [0.1, 0.15) is 18.4 Å². The summed E-state index contributed by atoms with van der Waals surface area (Å²) in [6, 6.07) is 19.4. The molecule has 1 unspecified atom stereocenters. The number of nitrogens with zero attached hydrogens (tertiary/aromatic N) is 2. The number of sulfonamides is 1. The van der Waals surface area contributed by atoms with E-state index in [2.05, 4.69) is 5.32 Å². The van der Waals surface area contributed by atoms with Crippen LogP contribution < -0.4 is 9.62 Å². The van der Waals surface area contributed by atoms with E-state index in [1.54, 1.807) is 36.4 Å². The van der Waals surface area contributed by atoms with E-state index in [0.717, 1.165) is 27.3 Å². The standard InChI is InChI=1S/C31H38FN3O4S/c1-22(2)19-33-31(37)29(18-25-11-7-6-8-12-25)34(20-26-13-9-10-14-28(26)32)30(36)21-35(40(5,38)39)27-16-15-23(3)24(4)17-27/h6-17,22,29H,18-21H2,1-5H3,(H,33,37). The molecule has 0 aliphatic rings. The molecule has 0 radical (unpaired) electrons. The Hall–Kier alpha value is -3.72. The highest BCUT2D eigenvalue weighted by molar-refractivity contribution is 7.92. The number of carbonyl (C=O) groups is 2. The Morgan fingerprint density at radius 1 is 0.925 bits per heavy atom. The minimum absolute atomic E-state index is 0.169. The maximum absolute atomic E-state index is 14.8. The van der Waals surface area contributed by atoms with E-state index in [0.29, 0.717) is 12.2 Å². The Kier molecular flexibility index (Phi) is 10.5. The van der Waals surface area contributed by atoms with Crippen LogP contribution in [0.3, 0.4) is 0 Å². The number of aryl methyl sites for hydroxylation is 2. The van der Waals surface area contributed by atoms with Crippen molar-refractivity contribution in [3.8, 4) is 0 Å². The molecule has 3 aromatic rings. The summed E-state index contributed by atoms with van der Waals surface area (Å²) < 4.78 is 41.6. The van der Waals surface area contributed by atoms with Gasteiger partial charge in [-0.25, -0.2) is 12.8 Å². The molecule has 0 aliphatic heterocycles. The van der Waals surface area contributed by atoms with E-state index in [-0.39, 0.29) is 30.4 Å². The molecule has 0 heterocycles. The van der Waals surface area contributed by atoms with Gasteiger partial charge in [-0.3, -0.25) is 13.9 Å². The maximum atomic E-state index is 14.8. The zero-order valence-corrected chi connectivity index (χ0v) is 24.5. The highest BCUT2D eigenvalue weighted by Gasteiger charge is 2.33. The van der Waals surface area contributed by atoms with Crippen LogP contribution in [0.25, 0.3) is 0 Å². The van der Waals surface area contributed by atoms with Crippen LogP contribution >= 0.6 is 0 Å². The first-order valence-corrected chi connectivity index (χ1v) is 15.1. The van der Waals surface area contributed by atoms with Gasteiger partial charge in [0.25, 0.3) is 0 Å². The van der Waals surface area contributed by atoms with Crippen LogP contribution in [0.1, 0.15) is 36.1 Å². The quantitative estimate of drug-likeness (QED) is 0.346. The highest BCUT2D eigenvalue weighted by Crippen LogP contribution is 2.23. The average Bonchev–Trinajstić information content (AvgIpc) is 2.90. The van der Waals surface area contributed by atoms with Crippen molar-refractivity contribution in [2.75, 3.05) is 23.7 Å². The number of rotatable bonds is 12. The van der Waals surface area contributed by atoms with Crippen LogP contribution in [-0.4, -0.2) is 50.5 Å². The third-order valence-electron chi connectivity index (χ3n) is 6.71. The van der Waals surface area contributed by atoms with Gasteiger partial charge in [0, 0.05) is 25.1 Å². The molecule has 3 aromatic carbocycles. The van der Waals surface area contributed by atoms with Crippen LogP contribution in [0.5, 0.6) is 0 Å². The number of nitrogens with one attached hydrogen (secondary N) is 1. The summed E-state index contributed by atoms with van der Waals surface area (Å²) in [6.45, 7) is 7.34. The second-order valence-electron chi connectivity index (χ2n) is 10.5. The summed E-state index contributed by atoms with van der Waals surface area (Å²) in [5.41, 5.74) is 3.23. The van der Waals surface area contributed by atoms with Gasteiger partial charge in [-0.1, -0.05) is 68.4 Å². The molecule has 2 amide bonds. The van der Waals surface area contributed by atoms with Gasteiger partial charge >= 0.3 is 0 Å². The summed E-state index contributed by atoms with van der Waals surface area (Å²) in [7, 11) is -3.87. The molecule has 0 aliphatic carbocycles. The molecular weight excluding hydrogens is 529 g/mol. The van der Waals surface area contributed by atoms with Gasteiger partial charge in [-0.15, -0.1) is 0 Å². The normalized spacial score (nSPS) is 12.2. The lowest BCUT2D eigenvalue weighted by Crippen LogP contribution is -2.53. The van der Waals surface area contributed by atoms with Gasteiger partial charge in [0.15, 0.2) is 0 Å². The van der Waals surface area contributed by atoms with Crippen molar-refractivity contribution in [3.05, 3.63) is 101 Å². The number of hydrogen-bond donors (Lipinski definition) is 1. The van der Waals surface area contributed by atoms with E-state index in [9.17, 15) is 22.4 Å². The molecule has 1 atom stereocenters. The largest absolute Gasteiger partial charge is 0.354 e. The van der Waals surface area contributed by atoms with E-state index < -0.39 is 34.3 Å². The lowest BCUT2D eigenvalue weighted by atomic mass is 10.0. The zero-order chi connectivity index (χ0) is 29.4. The summed E-state index contributed by atoms with van der Waals surface area (Å²) in [4.78, 5) is 28.9. The molecule has 0 fully saturated rings. The molecule has 0 spiro atoms. The third-order valence-corrected chi connectivity index (χ3v) is 7.85. The second kappa shape index (κ2) is 13.6. The average molecular weight is 568 g/mol. The summed E-state index contributed by atoms with van der Waals surface area (Å²) >= 11 is 0. The first kappa shape index (κ1) is 30.8. The van der Waals surface area contributed by atoms with E-state index in [1.165, 1.54) is 11.0 Å². The number of amides is 2. The Balaban J connectivity index is 2.07. The van der Waals surface area contributed by atoms with E-state index in [1.807, 2.05) is 58.0 Å². The smallest absolute Gasteiger partial charge is 0.244 e. The Labute approximate surface area is 237 Å². The summed E-state index contributed by atoms with van der Waals surface area (Å²) in [5.74, 6) is -1.36. The lowest BCUT2D eigenvalue weighted by molar-refractivity contribution is -0.140. The van der Waals surface area contributed by atoms with Crippen molar-refractivity contribution >= 4 is 27.5 Å². The van der Waals surface area contributed by atoms with Crippen molar-refractivity contribution in [3.63, 3.8) is 0 Å². The van der Waals surface area contributed by atoms with Crippen LogP contribution in [-0.2, 0) is 32.6 Å². The number of carbonyl (C=O) groups excluding carboxylic acids is 2. The number of hydrogen-bond acceptors (Lipinski definition) is 4. The van der Waals surface area contributed by atoms with Crippen molar-refractivity contribution in [2.24, 2.45) is 5.92 Å². The zero-order valence-electron chi connectivity index (χ0n) is 23.7. The fourth-order valence-electron chi connectivity index (χ4n) is 4.28.